The van der Waals surface area contributed by atoms with Gasteiger partial charge in [-0.15, -0.1) is 11.3 Å². The highest BCUT2D eigenvalue weighted by Gasteiger charge is 2.15. The van der Waals surface area contributed by atoms with Gasteiger partial charge in [0.2, 0.25) is 5.91 Å². The van der Waals surface area contributed by atoms with Crippen molar-refractivity contribution in [3.63, 3.8) is 0 Å². The van der Waals surface area contributed by atoms with Gasteiger partial charge in [0.05, 0.1) is 16.3 Å². The minimum Gasteiger partial charge on any atom is -0.330 e. The molecule has 1 unspecified atom stereocenters. The van der Waals surface area contributed by atoms with E-state index in [0.29, 0.717) is 18.5 Å². The number of benzene rings is 2. The molecule has 3 rings (SSSR count). The highest BCUT2D eigenvalue weighted by Crippen LogP contribution is 2.32. The summed E-state index contributed by atoms with van der Waals surface area (Å²) in [5.74, 6) is -0.491. The lowest BCUT2D eigenvalue weighted by molar-refractivity contribution is -0.117. The molecule has 1 atom stereocenters. The average Bonchev–Trinajstić information content (AvgIpc) is 3.06. The van der Waals surface area contributed by atoms with E-state index in [2.05, 4.69) is 10.3 Å². The largest absolute Gasteiger partial charge is 0.330 e. The van der Waals surface area contributed by atoms with Crippen molar-refractivity contribution in [2.24, 2.45) is 11.5 Å². The first-order chi connectivity index (χ1) is 13.0. The van der Waals surface area contributed by atoms with Crippen LogP contribution in [-0.4, -0.2) is 23.5 Å². The number of carbonyl (C=O) groups is 1. The number of hydrogen-bond acceptors (Lipinski definition) is 5. The molecule has 27 heavy (non-hydrogen) atoms. The quantitative estimate of drug-likeness (QED) is 0.538. The lowest BCUT2D eigenvalue weighted by Crippen LogP contribution is -2.35. The number of hydrogen-bond donors (Lipinski definition) is 3. The maximum atomic E-state index is 13.4. The summed E-state index contributed by atoms with van der Waals surface area (Å²) in [5.41, 5.74) is 14.6. The van der Waals surface area contributed by atoms with Gasteiger partial charge >= 0.3 is 0 Å². The molecule has 0 aliphatic rings. The topological polar surface area (TPSA) is 94.0 Å². The molecule has 0 spiro atoms. The Labute approximate surface area is 161 Å². The van der Waals surface area contributed by atoms with Crippen molar-refractivity contribution >= 4 is 33.1 Å². The molecule has 0 saturated carbocycles. The molecule has 1 amide bonds. The van der Waals surface area contributed by atoms with E-state index < -0.39 is 6.04 Å². The van der Waals surface area contributed by atoms with Crippen molar-refractivity contribution in [1.82, 2.24) is 4.98 Å². The Morgan fingerprint density at radius 1 is 1.26 bits per heavy atom. The number of thiazole rings is 1. The van der Waals surface area contributed by atoms with Crippen molar-refractivity contribution < 1.29 is 9.18 Å². The number of amides is 1. The molecular formula is C20H23FN4OS. The third-order valence-corrected chi connectivity index (χ3v) is 5.47. The van der Waals surface area contributed by atoms with Crippen LogP contribution in [0.3, 0.4) is 0 Å². The lowest BCUT2D eigenvalue weighted by atomic mass is 10.1. The predicted molar refractivity (Wildman–Crippen MR) is 109 cm³/mol. The maximum absolute atomic E-state index is 13.4. The van der Waals surface area contributed by atoms with Gasteiger partial charge in [-0.1, -0.05) is 6.42 Å². The fourth-order valence-electron chi connectivity index (χ4n) is 2.83. The number of aromatic nitrogens is 1. The Hall–Kier alpha value is -2.35. The minimum absolute atomic E-state index is 0.196. The van der Waals surface area contributed by atoms with Gasteiger partial charge in [-0.05, 0) is 62.2 Å². The molecule has 0 saturated heterocycles. The number of aryl methyl sites for hydroxylation is 1. The van der Waals surface area contributed by atoms with Gasteiger partial charge in [-0.25, -0.2) is 9.37 Å². The summed E-state index contributed by atoms with van der Waals surface area (Å²) in [6.45, 7) is 2.53. The molecule has 3 aromatic rings. The molecule has 7 heteroatoms. The van der Waals surface area contributed by atoms with Crippen LogP contribution in [0.25, 0.3) is 20.8 Å². The van der Waals surface area contributed by atoms with Crippen LogP contribution in [0.1, 0.15) is 24.8 Å². The second-order valence-electron chi connectivity index (χ2n) is 6.54. The van der Waals surface area contributed by atoms with Crippen molar-refractivity contribution in [3.8, 4) is 10.6 Å². The van der Waals surface area contributed by atoms with Crippen LogP contribution < -0.4 is 16.8 Å². The van der Waals surface area contributed by atoms with Crippen molar-refractivity contribution in [2.75, 3.05) is 11.9 Å². The van der Waals surface area contributed by atoms with Gasteiger partial charge in [-0.3, -0.25) is 4.79 Å². The number of unbranched alkanes of at least 4 members (excludes halogenated alkanes) is 1. The zero-order valence-corrected chi connectivity index (χ0v) is 16.0. The Balaban J connectivity index is 1.74. The number of anilines is 1. The molecule has 0 radical (unpaired) electrons. The smallest absolute Gasteiger partial charge is 0.241 e. The normalized spacial score (nSPS) is 12.3. The summed E-state index contributed by atoms with van der Waals surface area (Å²) in [6, 6.07) is 9.77. The number of nitrogens with two attached hydrogens (primary N) is 2. The number of fused-ring (bicyclic) bond motifs is 1. The molecule has 1 aromatic heterocycles. The molecule has 2 aromatic carbocycles. The molecular weight excluding hydrogens is 363 g/mol. The fraction of sp³-hybridized carbons (Fsp3) is 0.300. The first kappa shape index (κ1) is 19.4. The van der Waals surface area contributed by atoms with Crippen molar-refractivity contribution in [2.45, 2.75) is 32.2 Å². The summed E-state index contributed by atoms with van der Waals surface area (Å²) >= 11 is 1.51. The van der Waals surface area contributed by atoms with Crippen LogP contribution in [0.5, 0.6) is 0 Å². The van der Waals surface area contributed by atoms with E-state index >= 15 is 0 Å². The lowest BCUT2D eigenvalue weighted by Gasteiger charge is -2.14. The van der Waals surface area contributed by atoms with Crippen molar-refractivity contribution in [3.05, 3.63) is 47.8 Å². The second-order valence-corrected chi connectivity index (χ2v) is 7.57. The Morgan fingerprint density at radius 3 is 2.81 bits per heavy atom. The monoisotopic (exact) mass is 386 g/mol. The number of halogens is 1. The van der Waals surface area contributed by atoms with E-state index in [0.717, 1.165) is 39.4 Å². The summed E-state index contributed by atoms with van der Waals surface area (Å²) in [5, 5.41) is 3.70. The Morgan fingerprint density at radius 2 is 2.07 bits per heavy atom. The van der Waals surface area contributed by atoms with E-state index in [9.17, 15) is 9.18 Å². The third-order valence-electron chi connectivity index (χ3n) is 4.39. The molecule has 142 valence electrons. The van der Waals surface area contributed by atoms with Crippen LogP contribution in [0.15, 0.2) is 36.4 Å². The zero-order chi connectivity index (χ0) is 19.4. The van der Waals surface area contributed by atoms with Crippen LogP contribution in [0.4, 0.5) is 10.1 Å². The molecule has 5 N–H and O–H groups in total. The maximum Gasteiger partial charge on any atom is 0.241 e. The van der Waals surface area contributed by atoms with E-state index in [1.165, 1.54) is 23.5 Å². The van der Waals surface area contributed by atoms with E-state index in [4.69, 9.17) is 11.5 Å². The molecule has 1 heterocycles. The number of nitrogens with one attached hydrogen (secondary N) is 1. The van der Waals surface area contributed by atoms with Crippen LogP contribution in [-0.2, 0) is 4.79 Å². The van der Waals surface area contributed by atoms with Gasteiger partial charge in [0, 0.05) is 17.3 Å². The Bertz CT molecular complexity index is 956. The van der Waals surface area contributed by atoms with E-state index in [1.807, 2.05) is 25.1 Å². The summed E-state index contributed by atoms with van der Waals surface area (Å²) in [6.07, 6.45) is 2.31. The first-order valence-electron chi connectivity index (χ1n) is 8.91. The van der Waals surface area contributed by atoms with E-state index in [-0.39, 0.29) is 11.7 Å². The second kappa shape index (κ2) is 8.56. The number of rotatable bonds is 7. The summed E-state index contributed by atoms with van der Waals surface area (Å²) in [4.78, 5) is 16.8. The highest BCUT2D eigenvalue weighted by molar-refractivity contribution is 7.21. The zero-order valence-electron chi connectivity index (χ0n) is 15.2. The van der Waals surface area contributed by atoms with Crippen LogP contribution in [0.2, 0.25) is 0 Å². The van der Waals surface area contributed by atoms with Gasteiger partial charge in [0.1, 0.15) is 10.8 Å². The summed E-state index contributed by atoms with van der Waals surface area (Å²) < 4.78 is 14.3. The number of carbonyl (C=O) groups excluding carboxylic acids is 1. The average molecular weight is 386 g/mol. The van der Waals surface area contributed by atoms with Crippen LogP contribution >= 0.6 is 11.3 Å². The highest BCUT2D eigenvalue weighted by atomic mass is 32.1. The SMILES string of the molecule is Cc1cc(-c2nc3cc(F)ccc3s2)ccc1NC(=O)C(N)CCCCN. The Kier molecular flexibility index (Phi) is 6.15. The molecule has 0 aliphatic heterocycles. The minimum atomic E-state index is -0.546. The van der Waals surface area contributed by atoms with Gasteiger partial charge < -0.3 is 16.8 Å². The molecule has 5 nitrogen and oxygen atoms in total. The van der Waals surface area contributed by atoms with Gasteiger partial charge in [0.15, 0.2) is 0 Å². The number of nitrogens with zero attached hydrogens (tertiary/aromatic N) is 1. The molecule has 0 aliphatic carbocycles. The first-order valence-corrected chi connectivity index (χ1v) is 9.73. The third kappa shape index (κ3) is 4.68. The standard InChI is InChI=1S/C20H23FN4OS/c1-12-10-13(20-25-17-11-14(21)6-8-18(17)27-20)5-7-16(12)24-19(26)15(23)4-2-3-9-22/h5-8,10-11,15H,2-4,9,22-23H2,1H3,(H,24,26). The fourth-order valence-corrected chi connectivity index (χ4v) is 3.77. The van der Waals surface area contributed by atoms with Crippen molar-refractivity contribution in [1.29, 1.82) is 0 Å². The van der Waals surface area contributed by atoms with Crippen LogP contribution in [0, 0.1) is 12.7 Å². The van der Waals surface area contributed by atoms with Gasteiger partial charge in [-0.2, -0.15) is 0 Å². The molecule has 0 fully saturated rings. The predicted octanol–water partition coefficient (Wildman–Crippen LogP) is 3.81. The van der Waals surface area contributed by atoms with E-state index in [1.54, 1.807) is 6.07 Å². The molecule has 0 bridgehead atoms. The summed E-state index contributed by atoms with van der Waals surface area (Å²) in [7, 11) is 0. The van der Waals surface area contributed by atoms with Gasteiger partial charge in [0.25, 0.3) is 0 Å².